The average molecular weight is 240 g/mol. The fourth-order valence-corrected chi connectivity index (χ4v) is 3.38. The molecule has 0 radical (unpaired) electrons. The number of rotatable bonds is 5. The summed E-state index contributed by atoms with van der Waals surface area (Å²) in [6, 6.07) is 2.78. The number of thioether (sulfide) groups is 1. The number of hydrogen-bond acceptors (Lipinski definition) is 4. The van der Waals surface area contributed by atoms with Crippen molar-refractivity contribution in [1.29, 1.82) is 0 Å². The van der Waals surface area contributed by atoms with E-state index in [1.165, 1.54) is 23.5 Å². The maximum atomic E-state index is 5.56. The van der Waals surface area contributed by atoms with E-state index < -0.39 is 0 Å². The molecule has 0 aliphatic carbocycles. The van der Waals surface area contributed by atoms with E-state index in [-0.39, 0.29) is 0 Å². The summed E-state index contributed by atoms with van der Waals surface area (Å²) in [5.74, 6) is 3.67. The first-order valence-electron chi connectivity index (χ1n) is 5.79. The van der Waals surface area contributed by atoms with Crippen LogP contribution in [0.3, 0.4) is 0 Å². The van der Waals surface area contributed by atoms with Crippen molar-refractivity contribution in [2.75, 3.05) is 25.6 Å². The quantitative estimate of drug-likeness (QED) is 0.851. The minimum Gasteiger partial charge on any atom is -0.468 e. The van der Waals surface area contributed by atoms with Crippen molar-refractivity contribution in [1.82, 2.24) is 10.2 Å². The standard InChI is InChI=1S/C12H20N2OS/c1-13-7-10-3-5-15-12(10)8-14(2)11-4-6-16-9-11/h3,5,11,13H,4,6-9H2,1-2H3. The van der Waals surface area contributed by atoms with Crippen molar-refractivity contribution in [3.05, 3.63) is 23.7 Å². The van der Waals surface area contributed by atoms with E-state index in [1.807, 2.05) is 7.05 Å². The van der Waals surface area contributed by atoms with Gasteiger partial charge in [-0.05, 0) is 32.3 Å². The first-order chi connectivity index (χ1) is 7.81. The van der Waals surface area contributed by atoms with Gasteiger partial charge in [0.1, 0.15) is 5.76 Å². The number of hydrogen-bond donors (Lipinski definition) is 1. The van der Waals surface area contributed by atoms with Gasteiger partial charge in [0.05, 0.1) is 12.8 Å². The highest BCUT2D eigenvalue weighted by atomic mass is 32.2. The minimum atomic E-state index is 0.720. The Bertz CT molecular complexity index is 321. The van der Waals surface area contributed by atoms with Crippen molar-refractivity contribution in [3.8, 4) is 0 Å². The van der Waals surface area contributed by atoms with Gasteiger partial charge in [-0.2, -0.15) is 11.8 Å². The van der Waals surface area contributed by atoms with E-state index in [1.54, 1.807) is 6.26 Å². The first-order valence-corrected chi connectivity index (χ1v) is 6.94. The van der Waals surface area contributed by atoms with E-state index >= 15 is 0 Å². The Kier molecular flexibility index (Phi) is 4.32. The molecule has 4 heteroatoms. The highest BCUT2D eigenvalue weighted by Gasteiger charge is 2.21. The second-order valence-corrected chi connectivity index (χ2v) is 5.48. The number of nitrogens with zero attached hydrogens (tertiary/aromatic N) is 1. The molecule has 1 aliphatic heterocycles. The van der Waals surface area contributed by atoms with Crippen molar-refractivity contribution in [3.63, 3.8) is 0 Å². The zero-order valence-electron chi connectivity index (χ0n) is 10.0. The Balaban J connectivity index is 1.94. The molecule has 0 bridgehead atoms. The van der Waals surface area contributed by atoms with Gasteiger partial charge in [0.15, 0.2) is 0 Å². The van der Waals surface area contributed by atoms with Gasteiger partial charge < -0.3 is 9.73 Å². The van der Waals surface area contributed by atoms with E-state index in [2.05, 4.69) is 35.1 Å². The average Bonchev–Trinajstić information content (AvgIpc) is 2.90. The summed E-state index contributed by atoms with van der Waals surface area (Å²) < 4.78 is 5.56. The second kappa shape index (κ2) is 5.75. The molecule has 90 valence electrons. The molecule has 2 heterocycles. The van der Waals surface area contributed by atoms with Crippen LogP contribution in [0.5, 0.6) is 0 Å². The SMILES string of the molecule is CNCc1ccoc1CN(C)C1CCSC1. The lowest BCUT2D eigenvalue weighted by Crippen LogP contribution is -2.31. The van der Waals surface area contributed by atoms with E-state index in [4.69, 9.17) is 4.42 Å². The predicted molar refractivity (Wildman–Crippen MR) is 68.7 cm³/mol. The van der Waals surface area contributed by atoms with Gasteiger partial charge in [0.2, 0.25) is 0 Å². The van der Waals surface area contributed by atoms with Gasteiger partial charge in [0.25, 0.3) is 0 Å². The normalized spacial score (nSPS) is 20.8. The zero-order valence-corrected chi connectivity index (χ0v) is 10.8. The molecule has 0 saturated carbocycles. The largest absolute Gasteiger partial charge is 0.468 e. The third-order valence-corrected chi connectivity index (χ3v) is 4.27. The van der Waals surface area contributed by atoms with Gasteiger partial charge in [0, 0.05) is 23.9 Å². The van der Waals surface area contributed by atoms with E-state index in [0.29, 0.717) is 0 Å². The smallest absolute Gasteiger partial charge is 0.122 e. The van der Waals surface area contributed by atoms with Crippen LogP contribution in [-0.2, 0) is 13.1 Å². The Hall–Kier alpha value is -0.450. The van der Waals surface area contributed by atoms with Crippen LogP contribution in [0.4, 0.5) is 0 Å². The molecule has 1 aliphatic rings. The van der Waals surface area contributed by atoms with Crippen LogP contribution < -0.4 is 5.32 Å². The molecule has 1 N–H and O–H groups in total. The number of furan rings is 1. The highest BCUT2D eigenvalue weighted by molar-refractivity contribution is 7.99. The summed E-state index contributed by atoms with van der Waals surface area (Å²) in [6.45, 7) is 1.81. The second-order valence-electron chi connectivity index (χ2n) is 4.33. The maximum absolute atomic E-state index is 5.56. The maximum Gasteiger partial charge on any atom is 0.122 e. The number of nitrogens with one attached hydrogen (secondary N) is 1. The molecule has 0 aromatic carbocycles. The van der Waals surface area contributed by atoms with Crippen molar-refractivity contribution in [2.45, 2.75) is 25.6 Å². The Morgan fingerprint density at radius 2 is 2.50 bits per heavy atom. The first kappa shape index (κ1) is 12.0. The van der Waals surface area contributed by atoms with Crippen LogP contribution in [0.2, 0.25) is 0 Å². The molecule has 1 fully saturated rings. The molecule has 16 heavy (non-hydrogen) atoms. The minimum absolute atomic E-state index is 0.720. The third-order valence-electron chi connectivity index (χ3n) is 3.13. The molecule has 1 saturated heterocycles. The topological polar surface area (TPSA) is 28.4 Å². The highest BCUT2D eigenvalue weighted by Crippen LogP contribution is 2.23. The monoisotopic (exact) mass is 240 g/mol. The molecular formula is C12H20N2OS. The van der Waals surface area contributed by atoms with Gasteiger partial charge in [-0.1, -0.05) is 0 Å². The zero-order chi connectivity index (χ0) is 11.4. The van der Waals surface area contributed by atoms with Crippen molar-refractivity contribution < 1.29 is 4.42 Å². The van der Waals surface area contributed by atoms with Crippen LogP contribution >= 0.6 is 11.8 Å². The lowest BCUT2D eigenvalue weighted by molar-refractivity contribution is 0.233. The summed E-state index contributed by atoms with van der Waals surface area (Å²) in [5.41, 5.74) is 1.28. The van der Waals surface area contributed by atoms with E-state index in [9.17, 15) is 0 Å². The Labute approximate surface area is 102 Å². The molecule has 1 atom stereocenters. The van der Waals surface area contributed by atoms with Gasteiger partial charge in [-0.25, -0.2) is 0 Å². The predicted octanol–water partition coefficient (Wildman–Crippen LogP) is 1.94. The summed E-state index contributed by atoms with van der Waals surface area (Å²) in [6.07, 6.45) is 3.10. The van der Waals surface area contributed by atoms with Gasteiger partial charge in [-0.3, -0.25) is 4.90 Å². The lowest BCUT2D eigenvalue weighted by atomic mass is 10.2. The van der Waals surface area contributed by atoms with Crippen molar-refractivity contribution >= 4 is 11.8 Å². The molecule has 2 rings (SSSR count). The lowest BCUT2D eigenvalue weighted by Gasteiger charge is -2.22. The van der Waals surface area contributed by atoms with Crippen LogP contribution in [0, 0.1) is 0 Å². The summed E-state index contributed by atoms with van der Waals surface area (Å²) in [7, 11) is 4.16. The molecule has 1 unspecified atom stereocenters. The molecular weight excluding hydrogens is 220 g/mol. The fraction of sp³-hybridized carbons (Fsp3) is 0.667. The Morgan fingerprint density at radius 3 is 3.19 bits per heavy atom. The van der Waals surface area contributed by atoms with Crippen LogP contribution in [0.1, 0.15) is 17.7 Å². The Morgan fingerprint density at radius 1 is 1.62 bits per heavy atom. The van der Waals surface area contributed by atoms with Crippen LogP contribution in [0.15, 0.2) is 16.7 Å². The summed E-state index contributed by atoms with van der Waals surface area (Å²) in [4.78, 5) is 2.41. The molecule has 3 nitrogen and oxygen atoms in total. The summed E-state index contributed by atoms with van der Waals surface area (Å²) >= 11 is 2.05. The third kappa shape index (κ3) is 2.81. The van der Waals surface area contributed by atoms with Gasteiger partial charge >= 0.3 is 0 Å². The molecule has 1 aromatic rings. The van der Waals surface area contributed by atoms with Gasteiger partial charge in [-0.15, -0.1) is 0 Å². The molecule has 1 aromatic heterocycles. The fourth-order valence-electron chi connectivity index (χ4n) is 2.08. The van der Waals surface area contributed by atoms with Crippen molar-refractivity contribution in [2.24, 2.45) is 0 Å². The van der Waals surface area contributed by atoms with Crippen LogP contribution in [-0.4, -0.2) is 36.5 Å². The molecule has 0 amide bonds. The molecule has 0 spiro atoms. The summed E-state index contributed by atoms with van der Waals surface area (Å²) in [5, 5.41) is 3.17. The van der Waals surface area contributed by atoms with Crippen LogP contribution in [0.25, 0.3) is 0 Å². The van der Waals surface area contributed by atoms with E-state index in [0.717, 1.165) is 24.9 Å².